The Kier molecular flexibility index (Phi) is 5.55. The van der Waals surface area contributed by atoms with Crippen molar-refractivity contribution >= 4 is 11.6 Å². The van der Waals surface area contributed by atoms with E-state index >= 15 is 0 Å². The molecule has 0 aliphatic carbocycles. The van der Waals surface area contributed by atoms with Crippen molar-refractivity contribution in [1.29, 1.82) is 0 Å². The van der Waals surface area contributed by atoms with Crippen LogP contribution >= 0.6 is 0 Å². The molecular formula is C21H23N5O. The van der Waals surface area contributed by atoms with Gasteiger partial charge in [0.2, 0.25) is 0 Å². The summed E-state index contributed by atoms with van der Waals surface area (Å²) in [5.74, 6) is 2.25. The van der Waals surface area contributed by atoms with Crippen LogP contribution in [0.1, 0.15) is 18.5 Å². The van der Waals surface area contributed by atoms with E-state index in [4.69, 9.17) is 4.74 Å². The van der Waals surface area contributed by atoms with Crippen molar-refractivity contribution in [2.75, 3.05) is 23.8 Å². The van der Waals surface area contributed by atoms with Crippen LogP contribution in [0, 0.1) is 0 Å². The molecule has 2 aromatic heterocycles. The highest BCUT2D eigenvalue weighted by molar-refractivity contribution is 5.61. The summed E-state index contributed by atoms with van der Waals surface area (Å²) in [7, 11) is 0. The summed E-state index contributed by atoms with van der Waals surface area (Å²) in [6.45, 7) is 2.21. The second kappa shape index (κ2) is 8.60. The molecule has 0 saturated carbocycles. The highest BCUT2D eigenvalue weighted by Gasteiger charge is 2.15. The molecule has 0 spiro atoms. The van der Waals surface area contributed by atoms with Crippen LogP contribution in [0.5, 0.6) is 0 Å². The largest absolute Gasteiger partial charge is 0.376 e. The van der Waals surface area contributed by atoms with Gasteiger partial charge in [-0.05, 0) is 25.0 Å². The number of anilines is 2. The van der Waals surface area contributed by atoms with E-state index in [1.54, 1.807) is 6.20 Å². The van der Waals surface area contributed by atoms with Gasteiger partial charge in [0.25, 0.3) is 0 Å². The second-order valence-electron chi connectivity index (χ2n) is 6.52. The molecule has 138 valence electrons. The molecule has 1 fully saturated rings. The number of nitrogens with one attached hydrogen (secondary N) is 2. The molecule has 0 radical (unpaired) electrons. The van der Waals surface area contributed by atoms with Crippen LogP contribution in [-0.2, 0) is 11.3 Å². The summed E-state index contributed by atoms with van der Waals surface area (Å²) < 4.78 is 5.70. The smallest absolute Gasteiger partial charge is 0.163 e. The van der Waals surface area contributed by atoms with E-state index in [-0.39, 0.29) is 6.10 Å². The van der Waals surface area contributed by atoms with Crippen molar-refractivity contribution in [3.63, 3.8) is 0 Å². The first-order valence-electron chi connectivity index (χ1n) is 9.30. The molecule has 3 aromatic rings. The maximum atomic E-state index is 5.70. The Balaban J connectivity index is 1.53. The van der Waals surface area contributed by atoms with Gasteiger partial charge in [-0.2, -0.15) is 0 Å². The van der Waals surface area contributed by atoms with Crippen molar-refractivity contribution in [2.45, 2.75) is 25.5 Å². The van der Waals surface area contributed by atoms with Crippen molar-refractivity contribution in [3.05, 3.63) is 66.5 Å². The lowest BCUT2D eigenvalue weighted by Gasteiger charge is -2.14. The predicted molar refractivity (Wildman–Crippen MR) is 106 cm³/mol. The molecule has 4 rings (SSSR count). The highest BCUT2D eigenvalue weighted by Crippen LogP contribution is 2.21. The van der Waals surface area contributed by atoms with E-state index in [2.05, 4.69) is 25.6 Å². The zero-order valence-electron chi connectivity index (χ0n) is 15.1. The summed E-state index contributed by atoms with van der Waals surface area (Å²) in [5, 5.41) is 6.76. The minimum absolute atomic E-state index is 0.255. The maximum Gasteiger partial charge on any atom is 0.163 e. The lowest BCUT2D eigenvalue weighted by molar-refractivity contribution is 0.120. The molecule has 1 unspecified atom stereocenters. The number of pyridine rings is 1. The van der Waals surface area contributed by atoms with Crippen LogP contribution in [-0.4, -0.2) is 34.2 Å². The van der Waals surface area contributed by atoms with E-state index in [1.807, 2.05) is 54.6 Å². The lowest BCUT2D eigenvalue weighted by atomic mass is 10.2. The highest BCUT2D eigenvalue weighted by atomic mass is 16.5. The average molecular weight is 361 g/mol. The second-order valence-corrected chi connectivity index (χ2v) is 6.52. The minimum atomic E-state index is 0.255. The molecule has 6 heteroatoms. The van der Waals surface area contributed by atoms with Crippen LogP contribution in [0.25, 0.3) is 11.4 Å². The monoisotopic (exact) mass is 361 g/mol. The van der Waals surface area contributed by atoms with Crippen LogP contribution in [0.15, 0.2) is 60.8 Å². The topological polar surface area (TPSA) is 72.0 Å². The van der Waals surface area contributed by atoms with Crippen molar-refractivity contribution in [2.24, 2.45) is 0 Å². The van der Waals surface area contributed by atoms with Crippen LogP contribution < -0.4 is 10.6 Å². The van der Waals surface area contributed by atoms with Gasteiger partial charge in [-0.1, -0.05) is 36.4 Å². The Bertz CT molecular complexity index is 851. The molecule has 1 atom stereocenters. The fourth-order valence-electron chi connectivity index (χ4n) is 3.05. The van der Waals surface area contributed by atoms with Gasteiger partial charge in [0, 0.05) is 31.0 Å². The predicted octanol–water partition coefficient (Wildman–Crippen LogP) is 3.74. The lowest BCUT2D eigenvalue weighted by Crippen LogP contribution is -2.19. The number of rotatable bonds is 7. The maximum absolute atomic E-state index is 5.70. The molecule has 3 heterocycles. The van der Waals surface area contributed by atoms with Gasteiger partial charge in [0.05, 0.1) is 18.3 Å². The Labute approximate surface area is 159 Å². The quantitative estimate of drug-likeness (QED) is 0.668. The Morgan fingerprint density at radius 3 is 2.52 bits per heavy atom. The van der Waals surface area contributed by atoms with Crippen LogP contribution in [0.4, 0.5) is 11.6 Å². The first-order valence-corrected chi connectivity index (χ1v) is 9.30. The van der Waals surface area contributed by atoms with Gasteiger partial charge in [0.1, 0.15) is 11.6 Å². The zero-order chi connectivity index (χ0) is 18.3. The van der Waals surface area contributed by atoms with E-state index < -0.39 is 0 Å². The summed E-state index contributed by atoms with van der Waals surface area (Å²) >= 11 is 0. The molecule has 0 amide bonds. The molecule has 2 N–H and O–H groups in total. The molecular weight excluding hydrogens is 338 g/mol. The Morgan fingerprint density at radius 2 is 1.78 bits per heavy atom. The van der Waals surface area contributed by atoms with Gasteiger partial charge < -0.3 is 15.4 Å². The van der Waals surface area contributed by atoms with E-state index in [0.717, 1.165) is 48.9 Å². The number of ether oxygens (including phenoxy) is 1. The van der Waals surface area contributed by atoms with Crippen molar-refractivity contribution < 1.29 is 4.74 Å². The summed E-state index contributed by atoms with van der Waals surface area (Å²) in [5.41, 5.74) is 1.95. The molecule has 27 heavy (non-hydrogen) atoms. The fraction of sp³-hybridized carbons (Fsp3) is 0.286. The molecule has 1 aliphatic heterocycles. The van der Waals surface area contributed by atoms with E-state index in [9.17, 15) is 0 Å². The van der Waals surface area contributed by atoms with Gasteiger partial charge in [0.15, 0.2) is 5.82 Å². The van der Waals surface area contributed by atoms with Gasteiger partial charge in [-0.25, -0.2) is 9.97 Å². The van der Waals surface area contributed by atoms with Gasteiger partial charge in [-0.3, -0.25) is 4.98 Å². The number of benzene rings is 1. The third kappa shape index (κ3) is 4.80. The molecule has 1 aliphatic rings. The SMILES string of the molecule is c1ccc(-c2nc(NCc3ccccn3)cc(NCC3CCCO3)n2)cc1. The molecule has 1 aromatic carbocycles. The Hall–Kier alpha value is -2.99. The summed E-state index contributed by atoms with van der Waals surface area (Å²) in [4.78, 5) is 13.7. The van der Waals surface area contributed by atoms with Crippen LogP contribution in [0.3, 0.4) is 0 Å². The van der Waals surface area contributed by atoms with Crippen LogP contribution in [0.2, 0.25) is 0 Å². The van der Waals surface area contributed by atoms with Gasteiger partial charge >= 0.3 is 0 Å². The number of hydrogen-bond acceptors (Lipinski definition) is 6. The average Bonchev–Trinajstić information content (AvgIpc) is 3.26. The first-order chi connectivity index (χ1) is 13.4. The third-order valence-electron chi connectivity index (χ3n) is 4.47. The molecule has 0 bridgehead atoms. The standard InChI is InChI=1S/C21H23N5O/c1-2-7-16(8-3-1)21-25-19(23-14-17-9-4-5-11-22-17)13-20(26-21)24-15-18-10-6-12-27-18/h1-5,7-9,11,13,18H,6,10,12,14-15H2,(H2,23,24,25,26). The first kappa shape index (κ1) is 17.4. The van der Waals surface area contributed by atoms with E-state index in [1.165, 1.54) is 0 Å². The third-order valence-corrected chi connectivity index (χ3v) is 4.47. The number of nitrogens with zero attached hydrogens (tertiary/aromatic N) is 3. The summed E-state index contributed by atoms with van der Waals surface area (Å²) in [6, 6.07) is 17.8. The van der Waals surface area contributed by atoms with Crippen molar-refractivity contribution in [1.82, 2.24) is 15.0 Å². The fourth-order valence-corrected chi connectivity index (χ4v) is 3.05. The van der Waals surface area contributed by atoms with Gasteiger partial charge in [-0.15, -0.1) is 0 Å². The number of aromatic nitrogens is 3. The normalized spacial score (nSPS) is 16.2. The van der Waals surface area contributed by atoms with E-state index in [0.29, 0.717) is 12.4 Å². The zero-order valence-corrected chi connectivity index (χ0v) is 15.1. The minimum Gasteiger partial charge on any atom is -0.376 e. The Morgan fingerprint density at radius 1 is 0.963 bits per heavy atom. The number of hydrogen-bond donors (Lipinski definition) is 2. The summed E-state index contributed by atoms with van der Waals surface area (Å²) in [6.07, 6.45) is 4.27. The van der Waals surface area contributed by atoms with Crippen molar-refractivity contribution in [3.8, 4) is 11.4 Å². The molecule has 1 saturated heterocycles. The molecule has 6 nitrogen and oxygen atoms in total.